The quantitative estimate of drug-likeness (QED) is 0.750. The normalized spacial score (nSPS) is 34.1. The van der Waals surface area contributed by atoms with E-state index in [0.29, 0.717) is 11.5 Å². The van der Waals surface area contributed by atoms with Gasteiger partial charge < -0.3 is 10.1 Å². The van der Waals surface area contributed by atoms with Gasteiger partial charge in [0.2, 0.25) is 0 Å². The van der Waals surface area contributed by atoms with Gasteiger partial charge in [-0.2, -0.15) is 0 Å². The predicted octanol–water partition coefficient (Wildman–Crippen LogP) is 2.33. The van der Waals surface area contributed by atoms with Crippen molar-refractivity contribution in [2.75, 3.05) is 13.2 Å². The van der Waals surface area contributed by atoms with Crippen molar-refractivity contribution in [3.05, 3.63) is 0 Å². The third kappa shape index (κ3) is 1.96. The van der Waals surface area contributed by atoms with Crippen LogP contribution in [-0.4, -0.2) is 24.8 Å². The summed E-state index contributed by atoms with van der Waals surface area (Å²) >= 11 is 0. The van der Waals surface area contributed by atoms with Crippen LogP contribution in [0.5, 0.6) is 0 Å². The SMILES string of the molecule is CC1(CNC2CCOC2(C)C)CCC1. The summed E-state index contributed by atoms with van der Waals surface area (Å²) in [5, 5.41) is 3.69. The first-order valence-corrected chi connectivity index (χ1v) is 5.89. The molecule has 1 unspecified atom stereocenters. The van der Waals surface area contributed by atoms with E-state index in [0.717, 1.165) is 6.61 Å². The fourth-order valence-electron chi connectivity index (χ4n) is 2.56. The van der Waals surface area contributed by atoms with Crippen LogP contribution < -0.4 is 5.32 Å². The van der Waals surface area contributed by atoms with Crippen LogP contribution in [0.2, 0.25) is 0 Å². The van der Waals surface area contributed by atoms with Crippen molar-refractivity contribution in [3.63, 3.8) is 0 Å². The molecular weight excluding hydrogens is 174 g/mol. The zero-order valence-corrected chi connectivity index (χ0v) is 9.73. The number of nitrogens with one attached hydrogen (secondary N) is 1. The zero-order valence-electron chi connectivity index (χ0n) is 9.73. The van der Waals surface area contributed by atoms with Crippen molar-refractivity contribution >= 4 is 0 Å². The molecule has 1 aliphatic heterocycles. The van der Waals surface area contributed by atoms with E-state index in [2.05, 4.69) is 26.1 Å². The minimum Gasteiger partial charge on any atom is -0.374 e. The van der Waals surface area contributed by atoms with Crippen LogP contribution in [0.25, 0.3) is 0 Å². The van der Waals surface area contributed by atoms with Gasteiger partial charge >= 0.3 is 0 Å². The summed E-state index contributed by atoms with van der Waals surface area (Å²) in [6.45, 7) is 8.87. The van der Waals surface area contributed by atoms with E-state index in [-0.39, 0.29) is 5.60 Å². The molecule has 1 heterocycles. The van der Waals surface area contributed by atoms with Crippen molar-refractivity contribution in [2.24, 2.45) is 5.41 Å². The van der Waals surface area contributed by atoms with Crippen LogP contribution in [-0.2, 0) is 4.74 Å². The largest absolute Gasteiger partial charge is 0.374 e. The Bertz CT molecular complexity index is 208. The first-order valence-electron chi connectivity index (χ1n) is 5.89. The van der Waals surface area contributed by atoms with Crippen molar-refractivity contribution in [3.8, 4) is 0 Å². The molecule has 2 aliphatic rings. The number of hydrogen-bond acceptors (Lipinski definition) is 2. The van der Waals surface area contributed by atoms with Gasteiger partial charge in [0.25, 0.3) is 0 Å². The maximum atomic E-state index is 5.71. The average molecular weight is 197 g/mol. The Balaban J connectivity index is 1.80. The van der Waals surface area contributed by atoms with Gasteiger partial charge in [0, 0.05) is 19.2 Å². The highest BCUT2D eigenvalue weighted by molar-refractivity contribution is 4.93. The van der Waals surface area contributed by atoms with Crippen LogP contribution >= 0.6 is 0 Å². The second-order valence-electron chi connectivity index (χ2n) is 5.84. The smallest absolute Gasteiger partial charge is 0.0779 e. The molecule has 0 aromatic carbocycles. The number of ether oxygens (including phenoxy) is 1. The molecule has 2 nitrogen and oxygen atoms in total. The second-order valence-corrected chi connectivity index (χ2v) is 5.84. The Hall–Kier alpha value is -0.0800. The van der Waals surface area contributed by atoms with Crippen LogP contribution in [0.15, 0.2) is 0 Å². The standard InChI is InChI=1S/C12H23NO/c1-11(2)10(5-8-14-11)13-9-12(3)6-4-7-12/h10,13H,4-9H2,1-3H3. The Kier molecular flexibility index (Phi) is 2.61. The number of hydrogen-bond donors (Lipinski definition) is 1. The summed E-state index contributed by atoms with van der Waals surface area (Å²) in [7, 11) is 0. The molecule has 0 radical (unpaired) electrons. The Morgan fingerprint density at radius 3 is 2.43 bits per heavy atom. The lowest BCUT2D eigenvalue weighted by molar-refractivity contribution is 0.0174. The van der Waals surface area contributed by atoms with Gasteiger partial charge in [0.05, 0.1) is 5.60 Å². The highest BCUT2D eigenvalue weighted by atomic mass is 16.5. The Morgan fingerprint density at radius 2 is 2.00 bits per heavy atom. The summed E-state index contributed by atoms with van der Waals surface area (Å²) in [5.41, 5.74) is 0.624. The fraction of sp³-hybridized carbons (Fsp3) is 1.00. The zero-order chi connectivity index (χ0) is 10.2. The van der Waals surface area contributed by atoms with Gasteiger partial charge in [0.15, 0.2) is 0 Å². The van der Waals surface area contributed by atoms with Crippen LogP contribution in [0, 0.1) is 5.41 Å². The van der Waals surface area contributed by atoms with Gasteiger partial charge in [-0.05, 0) is 38.5 Å². The monoisotopic (exact) mass is 197 g/mol. The summed E-state index contributed by atoms with van der Waals surface area (Å²) < 4.78 is 5.71. The molecule has 2 fully saturated rings. The number of rotatable bonds is 3. The minimum atomic E-state index is 0.0418. The molecule has 1 N–H and O–H groups in total. The van der Waals surface area contributed by atoms with E-state index in [1.807, 2.05) is 0 Å². The highest BCUT2D eigenvalue weighted by Crippen LogP contribution is 2.40. The third-order valence-electron chi connectivity index (χ3n) is 4.06. The van der Waals surface area contributed by atoms with Gasteiger partial charge in [-0.3, -0.25) is 0 Å². The fourth-order valence-corrected chi connectivity index (χ4v) is 2.56. The first kappa shape index (κ1) is 10.4. The van der Waals surface area contributed by atoms with Gasteiger partial charge in [0.1, 0.15) is 0 Å². The molecule has 0 aromatic rings. The van der Waals surface area contributed by atoms with E-state index >= 15 is 0 Å². The maximum Gasteiger partial charge on any atom is 0.0779 e. The van der Waals surface area contributed by atoms with E-state index in [1.54, 1.807) is 0 Å². The van der Waals surface area contributed by atoms with Crippen molar-refractivity contribution in [1.29, 1.82) is 0 Å². The van der Waals surface area contributed by atoms with Gasteiger partial charge in [-0.1, -0.05) is 13.3 Å². The summed E-state index contributed by atoms with van der Waals surface area (Å²) in [4.78, 5) is 0. The Morgan fingerprint density at radius 1 is 1.29 bits per heavy atom. The topological polar surface area (TPSA) is 21.3 Å². The lowest BCUT2D eigenvalue weighted by atomic mass is 9.70. The van der Waals surface area contributed by atoms with E-state index in [4.69, 9.17) is 4.74 Å². The molecule has 0 spiro atoms. The van der Waals surface area contributed by atoms with Crippen LogP contribution in [0.4, 0.5) is 0 Å². The summed E-state index contributed by atoms with van der Waals surface area (Å²) in [5.74, 6) is 0. The van der Waals surface area contributed by atoms with Crippen molar-refractivity contribution < 1.29 is 4.74 Å². The van der Waals surface area contributed by atoms with E-state index < -0.39 is 0 Å². The third-order valence-corrected chi connectivity index (χ3v) is 4.06. The molecule has 82 valence electrons. The summed E-state index contributed by atoms with van der Waals surface area (Å²) in [6, 6.07) is 0.555. The lowest BCUT2D eigenvalue weighted by Crippen LogP contribution is -2.48. The molecule has 1 atom stereocenters. The minimum absolute atomic E-state index is 0.0418. The molecule has 0 aromatic heterocycles. The van der Waals surface area contributed by atoms with Crippen LogP contribution in [0.3, 0.4) is 0 Å². The Labute approximate surface area is 87.4 Å². The van der Waals surface area contributed by atoms with Crippen molar-refractivity contribution in [2.45, 2.75) is 58.1 Å². The van der Waals surface area contributed by atoms with Gasteiger partial charge in [-0.15, -0.1) is 0 Å². The van der Waals surface area contributed by atoms with Crippen molar-refractivity contribution in [1.82, 2.24) is 5.32 Å². The van der Waals surface area contributed by atoms with Gasteiger partial charge in [-0.25, -0.2) is 0 Å². The molecule has 0 amide bonds. The first-order chi connectivity index (χ1) is 6.52. The molecule has 1 aliphatic carbocycles. The predicted molar refractivity (Wildman–Crippen MR) is 58.4 cm³/mol. The van der Waals surface area contributed by atoms with Crippen LogP contribution in [0.1, 0.15) is 46.5 Å². The van der Waals surface area contributed by atoms with E-state index in [9.17, 15) is 0 Å². The molecule has 2 rings (SSSR count). The summed E-state index contributed by atoms with van der Waals surface area (Å²) in [6.07, 6.45) is 5.38. The van der Waals surface area contributed by atoms with E-state index in [1.165, 1.54) is 32.2 Å². The lowest BCUT2D eigenvalue weighted by Gasteiger charge is -2.40. The molecule has 14 heavy (non-hydrogen) atoms. The average Bonchev–Trinajstić information content (AvgIpc) is 2.38. The molecule has 2 heteroatoms. The molecule has 1 saturated heterocycles. The maximum absolute atomic E-state index is 5.71. The second kappa shape index (κ2) is 3.49. The molecule has 0 bridgehead atoms. The molecular formula is C12H23NO. The highest BCUT2D eigenvalue weighted by Gasteiger charge is 2.38. The molecule has 1 saturated carbocycles.